The van der Waals surface area contributed by atoms with Crippen molar-refractivity contribution in [2.45, 2.75) is 45.7 Å². The van der Waals surface area contributed by atoms with Crippen molar-refractivity contribution in [3.8, 4) is 11.5 Å². The standard InChI is InChI=1S/C16H23NO3/c1-6-13-7-12-8-15(19-5)16(20-11(3)18)9-14(12)10(2)17(13)4/h8-10,13H,6-7H2,1-5H3/t10-,13+/m1/s1. The first-order valence-electron chi connectivity index (χ1n) is 7.09. The lowest BCUT2D eigenvalue weighted by Crippen LogP contribution is -2.39. The van der Waals surface area contributed by atoms with Crippen molar-refractivity contribution in [2.75, 3.05) is 14.2 Å². The number of ether oxygens (including phenoxy) is 2. The Morgan fingerprint density at radius 2 is 2.10 bits per heavy atom. The average Bonchev–Trinajstić information content (AvgIpc) is 2.42. The monoisotopic (exact) mass is 277 g/mol. The molecule has 0 aliphatic carbocycles. The Kier molecular flexibility index (Phi) is 4.33. The maximum atomic E-state index is 11.2. The van der Waals surface area contributed by atoms with E-state index < -0.39 is 0 Å². The van der Waals surface area contributed by atoms with Crippen molar-refractivity contribution < 1.29 is 14.3 Å². The zero-order valence-corrected chi connectivity index (χ0v) is 12.9. The lowest BCUT2D eigenvalue weighted by molar-refractivity contribution is -0.132. The fraction of sp³-hybridized carbons (Fsp3) is 0.562. The molecule has 0 bridgehead atoms. The van der Waals surface area contributed by atoms with E-state index in [-0.39, 0.29) is 5.97 Å². The minimum Gasteiger partial charge on any atom is -0.493 e. The number of esters is 1. The minimum absolute atomic E-state index is 0.309. The molecule has 1 aliphatic rings. The van der Waals surface area contributed by atoms with Gasteiger partial charge in [-0.2, -0.15) is 0 Å². The summed E-state index contributed by atoms with van der Waals surface area (Å²) in [6.45, 7) is 5.80. The van der Waals surface area contributed by atoms with Crippen LogP contribution in [0.15, 0.2) is 12.1 Å². The number of hydrogen-bond acceptors (Lipinski definition) is 4. The van der Waals surface area contributed by atoms with Gasteiger partial charge in [0.05, 0.1) is 7.11 Å². The molecule has 2 atom stereocenters. The van der Waals surface area contributed by atoms with Crippen LogP contribution in [0.3, 0.4) is 0 Å². The second-order valence-corrected chi connectivity index (χ2v) is 5.40. The van der Waals surface area contributed by atoms with Gasteiger partial charge < -0.3 is 9.47 Å². The van der Waals surface area contributed by atoms with Crippen LogP contribution in [0.4, 0.5) is 0 Å². The number of likely N-dealkylation sites (N-methyl/N-ethyl adjacent to an activating group) is 1. The maximum Gasteiger partial charge on any atom is 0.308 e. The molecule has 0 spiro atoms. The van der Waals surface area contributed by atoms with Crippen molar-refractivity contribution >= 4 is 5.97 Å². The van der Waals surface area contributed by atoms with Gasteiger partial charge in [0, 0.05) is 19.0 Å². The molecule has 20 heavy (non-hydrogen) atoms. The Bertz CT molecular complexity index is 513. The number of carbonyl (C=O) groups excluding carboxylic acids is 1. The molecule has 4 heteroatoms. The first-order chi connectivity index (χ1) is 9.47. The number of nitrogens with zero attached hydrogens (tertiary/aromatic N) is 1. The van der Waals surface area contributed by atoms with Gasteiger partial charge >= 0.3 is 5.97 Å². The number of carbonyl (C=O) groups is 1. The zero-order chi connectivity index (χ0) is 14.9. The van der Waals surface area contributed by atoms with Crippen molar-refractivity contribution in [3.05, 3.63) is 23.3 Å². The third-order valence-electron chi connectivity index (χ3n) is 4.24. The fourth-order valence-electron chi connectivity index (χ4n) is 2.94. The molecule has 0 radical (unpaired) electrons. The van der Waals surface area contributed by atoms with E-state index in [0.717, 1.165) is 12.8 Å². The largest absolute Gasteiger partial charge is 0.493 e. The van der Waals surface area contributed by atoms with Crippen molar-refractivity contribution in [2.24, 2.45) is 0 Å². The molecule has 1 aromatic rings. The Hall–Kier alpha value is -1.55. The SMILES string of the molecule is CC[C@H]1Cc2cc(OC)c(OC(C)=O)cc2[C@@H](C)N1C. The summed E-state index contributed by atoms with van der Waals surface area (Å²) in [7, 11) is 3.75. The van der Waals surface area contributed by atoms with Crippen LogP contribution in [0.1, 0.15) is 44.4 Å². The zero-order valence-electron chi connectivity index (χ0n) is 12.9. The molecular weight excluding hydrogens is 254 g/mol. The Morgan fingerprint density at radius 1 is 1.40 bits per heavy atom. The maximum absolute atomic E-state index is 11.2. The number of rotatable bonds is 3. The first kappa shape index (κ1) is 14.9. The Morgan fingerprint density at radius 3 is 2.65 bits per heavy atom. The Labute approximate surface area is 120 Å². The van der Waals surface area contributed by atoms with Crippen LogP contribution < -0.4 is 9.47 Å². The van der Waals surface area contributed by atoms with E-state index in [2.05, 4.69) is 25.8 Å². The van der Waals surface area contributed by atoms with E-state index in [0.29, 0.717) is 23.6 Å². The summed E-state index contributed by atoms with van der Waals surface area (Å²) in [5.41, 5.74) is 2.50. The predicted molar refractivity (Wildman–Crippen MR) is 78.3 cm³/mol. The molecular formula is C16H23NO3. The number of hydrogen-bond donors (Lipinski definition) is 0. The normalized spacial score (nSPS) is 22.2. The first-order valence-corrected chi connectivity index (χ1v) is 7.09. The van der Waals surface area contributed by atoms with Gasteiger partial charge in [0.2, 0.25) is 0 Å². The van der Waals surface area contributed by atoms with E-state index in [1.54, 1.807) is 7.11 Å². The van der Waals surface area contributed by atoms with Crippen LogP contribution in [0.5, 0.6) is 11.5 Å². The highest BCUT2D eigenvalue weighted by Gasteiger charge is 2.29. The van der Waals surface area contributed by atoms with Gasteiger partial charge in [-0.1, -0.05) is 6.92 Å². The number of methoxy groups -OCH3 is 1. The van der Waals surface area contributed by atoms with Gasteiger partial charge in [-0.05, 0) is 50.1 Å². The summed E-state index contributed by atoms with van der Waals surface area (Å²) >= 11 is 0. The molecule has 0 N–H and O–H groups in total. The average molecular weight is 277 g/mol. The molecule has 0 aromatic heterocycles. The third kappa shape index (κ3) is 2.66. The van der Waals surface area contributed by atoms with Gasteiger partial charge in [0.1, 0.15) is 0 Å². The molecule has 0 fully saturated rings. The minimum atomic E-state index is -0.327. The number of fused-ring (bicyclic) bond motifs is 1. The second-order valence-electron chi connectivity index (χ2n) is 5.40. The molecule has 2 rings (SSSR count). The lowest BCUT2D eigenvalue weighted by atomic mass is 9.88. The molecule has 0 amide bonds. The van der Waals surface area contributed by atoms with Gasteiger partial charge in [-0.3, -0.25) is 9.69 Å². The van der Waals surface area contributed by atoms with E-state index in [4.69, 9.17) is 9.47 Å². The highest BCUT2D eigenvalue weighted by atomic mass is 16.6. The highest BCUT2D eigenvalue weighted by molar-refractivity contribution is 5.70. The van der Waals surface area contributed by atoms with Crippen molar-refractivity contribution in [1.29, 1.82) is 0 Å². The smallest absolute Gasteiger partial charge is 0.308 e. The molecule has 1 heterocycles. The van der Waals surface area contributed by atoms with Gasteiger partial charge in [-0.15, -0.1) is 0 Å². The second kappa shape index (κ2) is 5.83. The van der Waals surface area contributed by atoms with Crippen LogP contribution in [0.25, 0.3) is 0 Å². The van der Waals surface area contributed by atoms with Crippen LogP contribution >= 0.6 is 0 Å². The van der Waals surface area contributed by atoms with Gasteiger partial charge in [0.25, 0.3) is 0 Å². The van der Waals surface area contributed by atoms with Crippen molar-refractivity contribution in [3.63, 3.8) is 0 Å². The predicted octanol–water partition coefficient (Wildman–Crippen LogP) is 2.95. The van der Waals surface area contributed by atoms with E-state index in [9.17, 15) is 4.79 Å². The lowest BCUT2D eigenvalue weighted by Gasteiger charge is -2.39. The number of benzene rings is 1. The molecule has 0 saturated carbocycles. The summed E-state index contributed by atoms with van der Waals surface area (Å²) in [6, 6.07) is 4.81. The summed E-state index contributed by atoms with van der Waals surface area (Å²) in [4.78, 5) is 13.6. The summed E-state index contributed by atoms with van der Waals surface area (Å²) in [6.07, 6.45) is 2.12. The van der Waals surface area contributed by atoms with E-state index in [1.165, 1.54) is 18.1 Å². The molecule has 0 unspecified atom stereocenters. The molecule has 4 nitrogen and oxygen atoms in total. The molecule has 1 aromatic carbocycles. The molecule has 0 saturated heterocycles. The quantitative estimate of drug-likeness (QED) is 0.629. The molecule has 110 valence electrons. The van der Waals surface area contributed by atoms with Gasteiger partial charge in [0.15, 0.2) is 11.5 Å². The topological polar surface area (TPSA) is 38.8 Å². The summed E-state index contributed by atoms with van der Waals surface area (Å²) in [5.74, 6) is 0.811. The summed E-state index contributed by atoms with van der Waals surface area (Å²) in [5, 5.41) is 0. The van der Waals surface area contributed by atoms with E-state index >= 15 is 0 Å². The van der Waals surface area contributed by atoms with Crippen LogP contribution in [-0.2, 0) is 11.2 Å². The van der Waals surface area contributed by atoms with Crippen LogP contribution in [-0.4, -0.2) is 31.1 Å². The van der Waals surface area contributed by atoms with Crippen LogP contribution in [0, 0.1) is 0 Å². The van der Waals surface area contributed by atoms with E-state index in [1.807, 2.05) is 12.1 Å². The van der Waals surface area contributed by atoms with Crippen molar-refractivity contribution in [1.82, 2.24) is 4.90 Å². The Balaban J connectivity index is 2.46. The highest BCUT2D eigenvalue weighted by Crippen LogP contribution is 2.39. The van der Waals surface area contributed by atoms with Gasteiger partial charge in [-0.25, -0.2) is 0 Å². The van der Waals surface area contributed by atoms with Crippen LogP contribution in [0.2, 0.25) is 0 Å². The molecule has 1 aliphatic heterocycles. The summed E-state index contributed by atoms with van der Waals surface area (Å²) < 4.78 is 10.6. The third-order valence-corrected chi connectivity index (χ3v) is 4.24. The fourth-order valence-corrected chi connectivity index (χ4v) is 2.94.